The first-order valence-electron chi connectivity index (χ1n) is 7.96. The standard InChI is InChI=1S/C16H20N4O3.ClH/c1-10-2-3-14(23-10)13-9-22-7-6-20(13)16(21)15-11-8-17-5-4-12(11)18-19-15;/h2-3,13,17H,4-9H2,1H3,(H,18,19);1H. The summed E-state index contributed by atoms with van der Waals surface area (Å²) in [4.78, 5) is 14.9. The van der Waals surface area contributed by atoms with E-state index in [0.29, 0.717) is 32.0 Å². The summed E-state index contributed by atoms with van der Waals surface area (Å²) in [7, 11) is 0. The third kappa shape index (κ3) is 2.94. The number of hydrogen-bond donors (Lipinski definition) is 2. The Hall–Kier alpha value is -1.83. The number of carbonyl (C=O) groups excluding carboxylic acids is 1. The average molecular weight is 353 g/mol. The smallest absolute Gasteiger partial charge is 0.275 e. The third-order valence-electron chi connectivity index (χ3n) is 4.49. The van der Waals surface area contributed by atoms with Crippen molar-refractivity contribution in [1.29, 1.82) is 0 Å². The first kappa shape index (κ1) is 17.0. The van der Waals surface area contributed by atoms with E-state index in [-0.39, 0.29) is 24.4 Å². The molecule has 1 fully saturated rings. The number of furan rings is 1. The van der Waals surface area contributed by atoms with Gasteiger partial charge in [0.2, 0.25) is 0 Å². The molecule has 1 saturated heterocycles. The van der Waals surface area contributed by atoms with E-state index in [9.17, 15) is 4.79 Å². The van der Waals surface area contributed by atoms with E-state index in [2.05, 4.69) is 15.5 Å². The van der Waals surface area contributed by atoms with Gasteiger partial charge in [0.05, 0.1) is 13.2 Å². The van der Waals surface area contributed by atoms with Gasteiger partial charge >= 0.3 is 0 Å². The maximum absolute atomic E-state index is 13.0. The lowest BCUT2D eigenvalue weighted by molar-refractivity contribution is -0.00931. The van der Waals surface area contributed by atoms with Crippen molar-refractivity contribution in [3.05, 3.63) is 40.6 Å². The van der Waals surface area contributed by atoms with Crippen molar-refractivity contribution in [3.63, 3.8) is 0 Å². The van der Waals surface area contributed by atoms with E-state index in [0.717, 1.165) is 35.7 Å². The number of rotatable bonds is 2. The van der Waals surface area contributed by atoms with Gasteiger partial charge < -0.3 is 19.4 Å². The van der Waals surface area contributed by atoms with Crippen LogP contribution in [0.25, 0.3) is 0 Å². The molecule has 1 amide bonds. The Kier molecular flexibility index (Phi) is 4.93. The van der Waals surface area contributed by atoms with Crippen LogP contribution in [-0.4, -0.2) is 47.3 Å². The summed E-state index contributed by atoms with van der Waals surface area (Å²) in [6, 6.07) is 3.62. The van der Waals surface area contributed by atoms with Crippen LogP contribution in [0.2, 0.25) is 0 Å². The fourth-order valence-corrected chi connectivity index (χ4v) is 3.25. The molecule has 4 heterocycles. The molecule has 0 spiro atoms. The summed E-state index contributed by atoms with van der Waals surface area (Å²) in [5.41, 5.74) is 2.57. The van der Waals surface area contributed by atoms with E-state index in [4.69, 9.17) is 9.15 Å². The Balaban J connectivity index is 0.00000169. The maximum atomic E-state index is 13.0. The van der Waals surface area contributed by atoms with Crippen molar-refractivity contribution >= 4 is 18.3 Å². The number of nitrogens with one attached hydrogen (secondary N) is 2. The van der Waals surface area contributed by atoms with Crippen molar-refractivity contribution in [3.8, 4) is 0 Å². The molecule has 0 aromatic carbocycles. The predicted molar refractivity (Wildman–Crippen MR) is 89.3 cm³/mol. The summed E-state index contributed by atoms with van der Waals surface area (Å²) in [6.45, 7) is 5.01. The molecule has 4 rings (SSSR count). The Morgan fingerprint density at radius 2 is 2.29 bits per heavy atom. The van der Waals surface area contributed by atoms with E-state index < -0.39 is 0 Å². The minimum absolute atomic E-state index is 0. The molecule has 130 valence electrons. The van der Waals surface area contributed by atoms with Gasteiger partial charge in [-0.25, -0.2) is 0 Å². The number of amides is 1. The monoisotopic (exact) mass is 352 g/mol. The summed E-state index contributed by atoms with van der Waals surface area (Å²) in [5.74, 6) is 1.53. The zero-order valence-corrected chi connectivity index (χ0v) is 14.3. The van der Waals surface area contributed by atoms with Gasteiger partial charge in [-0.15, -0.1) is 12.4 Å². The van der Waals surface area contributed by atoms with Gasteiger partial charge in [-0.2, -0.15) is 5.10 Å². The Bertz CT molecular complexity index is 727. The Labute approximate surface area is 146 Å². The number of ether oxygens (including phenoxy) is 1. The van der Waals surface area contributed by atoms with Crippen LogP contribution in [0.15, 0.2) is 16.5 Å². The molecule has 0 radical (unpaired) electrons. The highest BCUT2D eigenvalue weighted by Gasteiger charge is 2.34. The van der Waals surface area contributed by atoms with Crippen LogP contribution in [0, 0.1) is 6.92 Å². The highest BCUT2D eigenvalue weighted by atomic mass is 35.5. The second-order valence-corrected chi connectivity index (χ2v) is 5.99. The molecule has 2 aromatic heterocycles. The average Bonchev–Trinajstić information content (AvgIpc) is 3.20. The Morgan fingerprint density at radius 3 is 3.08 bits per heavy atom. The summed E-state index contributed by atoms with van der Waals surface area (Å²) < 4.78 is 11.3. The lowest BCUT2D eigenvalue weighted by Gasteiger charge is -2.34. The second kappa shape index (κ2) is 6.96. The number of fused-ring (bicyclic) bond motifs is 1. The topological polar surface area (TPSA) is 83.4 Å². The molecule has 1 atom stereocenters. The number of H-pyrrole nitrogens is 1. The molecule has 2 N–H and O–H groups in total. The number of nitrogens with zero attached hydrogens (tertiary/aromatic N) is 2. The fraction of sp³-hybridized carbons (Fsp3) is 0.500. The van der Waals surface area contributed by atoms with Gasteiger partial charge in [0.25, 0.3) is 5.91 Å². The van der Waals surface area contributed by atoms with Crippen LogP contribution >= 0.6 is 12.4 Å². The number of carbonyl (C=O) groups is 1. The highest BCUT2D eigenvalue weighted by molar-refractivity contribution is 5.94. The number of halogens is 1. The molecule has 24 heavy (non-hydrogen) atoms. The fourth-order valence-electron chi connectivity index (χ4n) is 3.25. The number of aromatic nitrogens is 2. The van der Waals surface area contributed by atoms with Gasteiger partial charge in [0.15, 0.2) is 5.69 Å². The number of aryl methyl sites for hydroxylation is 1. The minimum Gasteiger partial charge on any atom is -0.464 e. The van der Waals surface area contributed by atoms with Crippen molar-refractivity contribution < 1.29 is 13.9 Å². The molecule has 7 nitrogen and oxygen atoms in total. The number of morpholine rings is 1. The molecular weight excluding hydrogens is 332 g/mol. The molecule has 2 aromatic rings. The lowest BCUT2D eigenvalue weighted by Crippen LogP contribution is -2.44. The summed E-state index contributed by atoms with van der Waals surface area (Å²) >= 11 is 0. The molecular formula is C16H21ClN4O3. The van der Waals surface area contributed by atoms with Gasteiger partial charge in [0.1, 0.15) is 17.6 Å². The molecule has 0 aliphatic carbocycles. The number of aromatic amines is 1. The Morgan fingerprint density at radius 1 is 1.42 bits per heavy atom. The van der Waals surface area contributed by atoms with E-state index >= 15 is 0 Å². The quantitative estimate of drug-likeness (QED) is 0.857. The van der Waals surface area contributed by atoms with Crippen molar-refractivity contribution in [2.75, 3.05) is 26.3 Å². The van der Waals surface area contributed by atoms with Crippen LogP contribution in [0.4, 0.5) is 0 Å². The van der Waals surface area contributed by atoms with Crippen molar-refractivity contribution in [2.24, 2.45) is 0 Å². The van der Waals surface area contributed by atoms with Crippen LogP contribution in [0.3, 0.4) is 0 Å². The van der Waals surface area contributed by atoms with Crippen LogP contribution in [0.5, 0.6) is 0 Å². The predicted octanol–water partition coefficient (Wildman–Crippen LogP) is 1.59. The molecule has 8 heteroatoms. The summed E-state index contributed by atoms with van der Waals surface area (Å²) in [6.07, 6.45) is 0.875. The normalized spacial score (nSPS) is 20.4. The largest absolute Gasteiger partial charge is 0.464 e. The van der Waals surface area contributed by atoms with Crippen LogP contribution in [-0.2, 0) is 17.7 Å². The molecule has 0 saturated carbocycles. The molecule has 0 bridgehead atoms. The van der Waals surface area contributed by atoms with Gasteiger partial charge in [-0.3, -0.25) is 9.89 Å². The van der Waals surface area contributed by atoms with Gasteiger partial charge in [0, 0.05) is 37.3 Å². The van der Waals surface area contributed by atoms with Gasteiger partial charge in [-0.05, 0) is 19.1 Å². The zero-order valence-electron chi connectivity index (χ0n) is 13.5. The third-order valence-corrected chi connectivity index (χ3v) is 4.49. The van der Waals surface area contributed by atoms with Crippen molar-refractivity contribution in [1.82, 2.24) is 20.4 Å². The SMILES string of the molecule is Cc1ccc(C2COCCN2C(=O)c2n[nH]c3c2CNCC3)o1.Cl. The number of hydrogen-bond acceptors (Lipinski definition) is 5. The first-order valence-corrected chi connectivity index (χ1v) is 7.96. The van der Waals surface area contributed by atoms with Crippen LogP contribution in [0.1, 0.15) is 39.3 Å². The van der Waals surface area contributed by atoms with Crippen LogP contribution < -0.4 is 5.32 Å². The minimum atomic E-state index is -0.200. The van der Waals surface area contributed by atoms with Gasteiger partial charge in [-0.1, -0.05) is 0 Å². The van der Waals surface area contributed by atoms with E-state index in [1.54, 1.807) is 0 Å². The molecule has 1 unspecified atom stereocenters. The molecule has 2 aliphatic heterocycles. The maximum Gasteiger partial charge on any atom is 0.275 e. The lowest BCUT2D eigenvalue weighted by atomic mass is 10.1. The second-order valence-electron chi connectivity index (χ2n) is 5.99. The summed E-state index contributed by atoms with van der Waals surface area (Å²) in [5, 5.41) is 10.6. The molecule has 2 aliphatic rings. The highest BCUT2D eigenvalue weighted by Crippen LogP contribution is 2.28. The first-order chi connectivity index (χ1) is 11.2. The zero-order chi connectivity index (χ0) is 15.8. The van der Waals surface area contributed by atoms with E-state index in [1.165, 1.54) is 0 Å². The van der Waals surface area contributed by atoms with E-state index in [1.807, 2.05) is 24.0 Å². The van der Waals surface area contributed by atoms with Crippen molar-refractivity contribution in [2.45, 2.75) is 25.9 Å².